The number of hydrogen-bond donors (Lipinski definition) is 2. The SMILES string of the molecule is CCC(COP(C)(=O)O)OC(=O)CC(=O)NCO[Si](OC)(OC)OC. The summed E-state index contributed by atoms with van der Waals surface area (Å²) in [7, 11) is -2.92. The molecule has 1 amide bonds. The first-order chi connectivity index (χ1) is 11.6. The quantitative estimate of drug-likeness (QED) is 0.142. The number of esters is 1. The zero-order valence-electron chi connectivity index (χ0n) is 15.0. The largest absolute Gasteiger partial charge is 0.680 e. The third kappa shape index (κ3) is 10.7. The Bertz CT molecular complexity index is 459. The maximum Gasteiger partial charge on any atom is 0.680 e. The van der Waals surface area contributed by atoms with Crippen molar-refractivity contribution >= 4 is 28.5 Å². The number of rotatable bonds is 13. The maximum atomic E-state index is 11.7. The molecular formula is C12H26NO10PSi. The summed E-state index contributed by atoms with van der Waals surface area (Å²) >= 11 is 0. The molecule has 0 radical (unpaired) electrons. The maximum absolute atomic E-state index is 11.7. The highest BCUT2D eigenvalue weighted by atomic mass is 31.2. The standard InChI is InChI=1S/C12H26NO10PSi/c1-6-10(8-21-24(5,16)17)23-12(15)7-11(14)13-9-22-25(18-2,19-3)20-4/h10H,6-9H2,1-5H3,(H,13,14)(H,16,17). The van der Waals surface area contributed by atoms with Crippen molar-refractivity contribution in [3.63, 3.8) is 0 Å². The first-order valence-electron chi connectivity index (χ1n) is 7.31. The number of amides is 1. The third-order valence-corrected chi connectivity index (χ3v) is 5.45. The van der Waals surface area contributed by atoms with Crippen LogP contribution in [0.4, 0.5) is 0 Å². The molecule has 2 atom stereocenters. The van der Waals surface area contributed by atoms with E-state index in [1.165, 1.54) is 21.3 Å². The van der Waals surface area contributed by atoms with E-state index >= 15 is 0 Å². The fraction of sp³-hybridized carbons (Fsp3) is 0.833. The van der Waals surface area contributed by atoms with Crippen LogP contribution in [-0.4, -0.2) is 73.3 Å². The molecule has 0 aliphatic carbocycles. The molecule has 0 heterocycles. The van der Waals surface area contributed by atoms with Crippen LogP contribution in [0, 0.1) is 0 Å². The zero-order chi connectivity index (χ0) is 19.5. The molecule has 0 rings (SSSR count). The van der Waals surface area contributed by atoms with Crippen molar-refractivity contribution in [3.05, 3.63) is 0 Å². The topological polar surface area (TPSA) is 139 Å². The minimum atomic E-state index is -3.66. The highest BCUT2D eigenvalue weighted by molar-refractivity contribution is 7.51. The van der Waals surface area contributed by atoms with Gasteiger partial charge in [0.15, 0.2) is 0 Å². The second kappa shape index (κ2) is 11.7. The Hall–Kier alpha value is -0.853. The van der Waals surface area contributed by atoms with Gasteiger partial charge in [0.25, 0.3) is 0 Å². The molecule has 13 heteroatoms. The van der Waals surface area contributed by atoms with Crippen molar-refractivity contribution < 1.29 is 46.0 Å². The van der Waals surface area contributed by atoms with Gasteiger partial charge in [0.05, 0.1) is 6.61 Å². The van der Waals surface area contributed by atoms with Crippen LogP contribution < -0.4 is 5.32 Å². The molecule has 25 heavy (non-hydrogen) atoms. The molecule has 0 saturated carbocycles. The lowest BCUT2D eigenvalue weighted by Gasteiger charge is -2.23. The molecule has 0 bridgehead atoms. The van der Waals surface area contributed by atoms with Gasteiger partial charge in [-0.25, -0.2) is 0 Å². The number of carbonyl (C=O) groups is 2. The normalized spacial score (nSPS) is 15.3. The summed E-state index contributed by atoms with van der Waals surface area (Å²) in [5.74, 6) is -1.44. The van der Waals surface area contributed by atoms with Gasteiger partial charge in [-0.05, 0) is 6.42 Å². The van der Waals surface area contributed by atoms with Gasteiger partial charge in [0.2, 0.25) is 5.91 Å². The van der Waals surface area contributed by atoms with Gasteiger partial charge >= 0.3 is 22.6 Å². The van der Waals surface area contributed by atoms with Crippen LogP contribution in [0.25, 0.3) is 0 Å². The minimum Gasteiger partial charge on any atom is -0.460 e. The lowest BCUT2D eigenvalue weighted by atomic mass is 10.3. The molecule has 0 spiro atoms. The van der Waals surface area contributed by atoms with Gasteiger partial charge in [0.1, 0.15) is 19.3 Å². The van der Waals surface area contributed by atoms with Crippen LogP contribution in [0.1, 0.15) is 19.8 Å². The highest BCUT2D eigenvalue weighted by Crippen LogP contribution is 2.36. The molecule has 148 valence electrons. The van der Waals surface area contributed by atoms with Crippen LogP contribution in [0.15, 0.2) is 0 Å². The van der Waals surface area contributed by atoms with Crippen molar-refractivity contribution in [2.75, 3.05) is 41.3 Å². The van der Waals surface area contributed by atoms with E-state index in [1.54, 1.807) is 6.92 Å². The van der Waals surface area contributed by atoms with Gasteiger partial charge in [-0.1, -0.05) is 6.92 Å². The summed E-state index contributed by atoms with van der Waals surface area (Å²) in [6, 6.07) is 0. The summed E-state index contributed by atoms with van der Waals surface area (Å²) in [6.45, 7) is 2.22. The smallest absolute Gasteiger partial charge is 0.460 e. The zero-order valence-corrected chi connectivity index (χ0v) is 16.9. The summed E-state index contributed by atoms with van der Waals surface area (Å²) in [4.78, 5) is 32.4. The molecular weight excluding hydrogens is 377 g/mol. The average molecular weight is 403 g/mol. The summed E-state index contributed by atoms with van der Waals surface area (Å²) < 4.78 is 41.0. The van der Waals surface area contributed by atoms with E-state index < -0.39 is 41.0 Å². The van der Waals surface area contributed by atoms with E-state index in [4.69, 9.17) is 31.9 Å². The fourth-order valence-electron chi connectivity index (χ4n) is 1.51. The lowest BCUT2D eigenvalue weighted by molar-refractivity contribution is -0.153. The van der Waals surface area contributed by atoms with Crippen molar-refractivity contribution in [2.45, 2.75) is 25.9 Å². The first-order valence-corrected chi connectivity index (χ1v) is 11.0. The first kappa shape index (κ1) is 24.1. The predicted molar refractivity (Wildman–Crippen MR) is 87.4 cm³/mol. The summed E-state index contributed by atoms with van der Waals surface area (Å²) in [5, 5.41) is 2.34. The lowest BCUT2D eigenvalue weighted by Crippen LogP contribution is -2.49. The Kier molecular flexibility index (Phi) is 11.3. The summed E-state index contributed by atoms with van der Waals surface area (Å²) in [6.07, 6.45) is -0.919. The van der Waals surface area contributed by atoms with Crippen molar-refractivity contribution in [1.29, 1.82) is 0 Å². The van der Waals surface area contributed by atoms with Crippen LogP contribution in [0.5, 0.6) is 0 Å². The Morgan fingerprint density at radius 2 is 1.76 bits per heavy atom. The average Bonchev–Trinajstić information content (AvgIpc) is 2.55. The number of ether oxygens (including phenoxy) is 1. The van der Waals surface area contributed by atoms with Crippen LogP contribution in [0.2, 0.25) is 0 Å². The van der Waals surface area contributed by atoms with Gasteiger partial charge in [-0.3, -0.25) is 14.2 Å². The Morgan fingerprint density at radius 1 is 1.20 bits per heavy atom. The molecule has 0 aromatic carbocycles. The molecule has 0 fully saturated rings. The van der Waals surface area contributed by atoms with Gasteiger partial charge < -0.3 is 37.2 Å². The Morgan fingerprint density at radius 3 is 2.20 bits per heavy atom. The molecule has 2 unspecified atom stereocenters. The monoisotopic (exact) mass is 403 g/mol. The molecule has 0 aromatic heterocycles. The third-order valence-electron chi connectivity index (χ3n) is 2.83. The van der Waals surface area contributed by atoms with Crippen molar-refractivity contribution in [3.8, 4) is 0 Å². The second-order valence-corrected chi connectivity index (χ2v) is 9.17. The van der Waals surface area contributed by atoms with Gasteiger partial charge in [-0.2, -0.15) is 0 Å². The number of carbonyl (C=O) groups excluding carboxylic acids is 2. The number of nitrogens with one attached hydrogen (secondary N) is 1. The van der Waals surface area contributed by atoms with E-state index in [0.29, 0.717) is 6.42 Å². The van der Waals surface area contributed by atoms with Crippen LogP contribution in [0.3, 0.4) is 0 Å². The predicted octanol–water partition coefficient (Wildman–Crippen LogP) is -0.00480. The van der Waals surface area contributed by atoms with Crippen LogP contribution >= 0.6 is 7.60 Å². The van der Waals surface area contributed by atoms with E-state index in [1.807, 2.05) is 0 Å². The van der Waals surface area contributed by atoms with E-state index in [2.05, 4.69) is 5.32 Å². The van der Waals surface area contributed by atoms with E-state index in [0.717, 1.165) is 6.66 Å². The Labute approximate surface area is 147 Å². The van der Waals surface area contributed by atoms with E-state index in [-0.39, 0.29) is 13.3 Å². The van der Waals surface area contributed by atoms with Gasteiger partial charge in [-0.15, -0.1) is 0 Å². The number of hydrogen-bond acceptors (Lipinski definition) is 9. The van der Waals surface area contributed by atoms with Gasteiger partial charge in [0, 0.05) is 28.0 Å². The fourth-order valence-corrected chi connectivity index (χ4v) is 3.05. The van der Waals surface area contributed by atoms with Crippen LogP contribution in [-0.2, 0) is 41.1 Å². The molecule has 0 aliphatic heterocycles. The van der Waals surface area contributed by atoms with Crippen molar-refractivity contribution in [1.82, 2.24) is 5.32 Å². The molecule has 0 aliphatic rings. The molecule has 0 saturated heterocycles. The highest BCUT2D eigenvalue weighted by Gasteiger charge is 2.42. The van der Waals surface area contributed by atoms with Crippen molar-refractivity contribution in [2.24, 2.45) is 0 Å². The second-order valence-electron chi connectivity index (χ2n) is 4.80. The minimum absolute atomic E-state index is 0.235. The van der Waals surface area contributed by atoms with E-state index in [9.17, 15) is 14.2 Å². The molecule has 2 N–H and O–H groups in total. The molecule has 11 nitrogen and oxygen atoms in total. The Balaban J connectivity index is 4.24. The molecule has 0 aromatic rings. The summed E-state index contributed by atoms with van der Waals surface area (Å²) in [5.41, 5.74) is 0.